The Bertz CT molecular complexity index is 197. The average Bonchev–Trinajstić information content (AvgIpc) is 1.87. The van der Waals surface area contributed by atoms with Crippen molar-refractivity contribution in [1.29, 1.82) is 0 Å². The van der Waals surface area contributed by atoms with Crippen molar-refractivity contribution >= 4 is 50.5 Å². The van der Waals surface area contributed by atoms with Gasteiger partial charge in [0.05, 0.1) is 0 Å². The Kier molecular flexibility index (Phi) is 2.65. The van der Waals surface area contributed by atoms with Crippen LogP contribution in [0.5, 0.6) is 0 Å². The van der Waals surface area contributed by atoms with Gasteiger partial charge in [-0.3, -0.25) is 0 Å². The maximum absolute atomic E-state index is 3.12. The third-order valence-electron chi connectivity index (χ3n) is 0.565. The predicted octanol–water partition coefficient (Wildman–Crippen LogP) is -0.190. The number of hydrogen-bond donors (Lipinski definition) is 0. The minimum absolute atomic E-state index is 0.214. The summed E-state index contributed by atoms with van der Waals surface area (Å²) in [6, 6.07) is 0. The molecule has 0 nitrogen and oxygen atoms in total. The van der Waals surface area contributed by atoms with Gasteiger partial charge in [0, 0.05) is 0 Å². The van der Waals surface area contributed by atoms with Crippen molar-refractivity contribution in [3.05, 3.63) is 9.47 Å². The molecule has 0 amide bonds. The molecule has 1 aromatic rings. The van der Waals surface area contributed by atoms with E-state index in [9.17, 15) is 0 Å². The van der Waals surface area contributed by atoms with Crippen LogP contribution in [0.2, 0.25) is 0 Å². The Labute approximate surface area is 66.3 Å². The Morgan fingerprint density at radius 1 is 1.86 bits per heavy atom. The molecule has 0 fully saturated rings. The molecule has 0 unspecified atom stereocenters. The molecule has 1 rings (SSSR count). The molecular formula is C4H4Se2Te. The van der Waals surface area contributed by atoms with Crippen LogP contribution in [0.1, 0.15) is 4.44 Å². The van der Waals surface area contributed by atoms with Crippen LogP contribution in [0, 0.1) is 7.88 Å². The third-order valence-corrected chi connectivity index (χ3v) is 9.63. The molecule has 1 aromatic heterocycles. The SMILES string of the molecule is Cc1c[te]c(=[Se])[se]1. The zero-order valence-corrected chi connectivity index (χ0v) is 9.56. The molecule has 0 spiro atoms. The van der Waals surface area contributed by atoms with E-state index >= 15 is 0 Å². The second-order valence-electron chi connectivity index (χ2n) is 1.20. The van der Waals surface area contributed by atoms with E-state index in [1.807, 2.05) is 0 Å². The summed E-state index contributed by atoms with van der Waals surface area (Å²) >= 11 is 4.10. The first-order chi connectivity index (χ1) is 3.29. The van der Waals surface area contributed by atoms with E-state index in [4.69, 9.17) is 0 Å². The average molecular weight is 338 g/mol. The van der Waals surface area contributed by atoms with E-state index in [1.54, 1.807) is 5.39 Å². The molecule has 0 saturated heterocycles. The molecule has 7 heavy (non-hydrogen) atoms. The van der Waals surface area contributed by atoms with Crippen molar-refractivity contribution in [1.82, 2.24) is 0 Å². The summed E-state index contributed by atoms with van der Waals surface area (Å²) in [6.07, 6.45) is 0. The summed E-state index contributed by atoms with van der Waals surface area (Å²) in [7, 11) is 0. The predicted molar refractivity (Wildman–Crippen MR) is 34.1 cm³/mol. The molecule has 0 bridgehead atoms. The topological polar surface area (TPSA) is 0 Å². The van der Waals surface area contributed by atoms with Gasteiger partial charge in [0.2, 0.25) is 0 Å². The van der Waals surface area contributed by atoms with Crippen LogP contribution in [0.4, 0.5) is 0 Å². The monoisotopic (exact) mass is 342 g/mol. The fourth-order valence-electron chi connectivity index (χ4n) is 0.311. The van der Waals surface area contributed by atoms with E-state index < -0.39 is 0 Å². The van der Waals surface area contributed by atoms with E-state index in [-0.39, 0.29) is 20.4 Å². The molecule has 0 N–H and O–H groups in total. The number of rotatable bonds is 0. The number of aryl methyl sites for hydroxylation is 1. The van der Waals surface area contributed by atoms with Gasteiger partial charge >= 0.3 is 66.9 Å². The minimum atomic E-state index is 0.214. The summed E-state index contributed by atoms with van der Waals surface area (Å²) in [6.45, 7) is 2.23. The first-order valence-electron chi connectivity index (χ1n) is 1.84. The Hall–Kier alpha value is 1.44. The van der Waals surface area contributed by atoms with Gasteiger partial charge in [0.1, 0.15) is 0 Å². The summed E-state index contributed by atoms with van der Waals surface area (Å²) < 4.78 is 5.73. The Balaban J connectivity index is 3.30. The van der Waals surface area contributed by atoms with Gasteiger partial charge in [-0.1, -0.05) is 0 Å². The molecule has 38 valence electrons. The third kappa shape index (κ3) is 2.02. The van der Waals surface area contributed by atoms with Gasteiger partial charge in [-0.25, -0.2) is 0 Å². The van der Waals surface area contributed by atoms with Gasteiger partial charge < -0.3 is 0 Å². The molecule has 0 aliphatic heterocycles. The molecule has 3 heteroatoms. The fourth-order valence-corrected chi connectivity index (χ4v) is 8.65. The maximum atomic E-state index is 3.12. The van der Waals surface area contributed by atoms with Gasteiger partial charge in [-0.15, -0.1) is 0 Å². The standard InChI is InChI=1S/C4H4Se2Te/c1-3-2-7-4(5)6-3/h2H,1H3. The number of hydrogen-bond acceptors (Lipinski definition) is 0. The molecule has 0 radical (unpaired) electrons. The first kappa shape index (κ1) is 6.56. The molecule has 0 saturated carbocycles. The van der Waals surface area contributed by atoms with Crippen LogP contribution in [-0.4, -0.2) is 50.5 Å². The molecule has 0 aliphatic rings. The van der Waals surface area contributed by atoms with Crippen LogP contribution >= 0.6 is 0 Å². The van der Waals surface area contributed by atoms with Crippen LogP contribution < -0.4 is 0 Å². The second-order valence-corrected chi connectivity index (χ2v) is 12.1. The quantitative estimate of drug-likeness (QED) is 0.576. The van der Waals surface area contributed by atoms with E-state index in [2.05, 4.69) is 26.6 Å². The van der Waals surface area contributed by atoms with Gasteiger partial charge in [0.25, 0.3) is 0 Å². The first-order valence-corrected chi connectivity index (χ1v) is 6.92. The van der Waals surface area contributed by atoms with Crippen molar-refractivity contribution in [3.63, 3.8) is 0 Å². The summed E-state index contributed by atoms with van der Waals surface area (Å²) in [5.74, 6) is 0. The summed E-state index contributed by atoms with van der Waals surface area (Å²) in [5.41, 5.74) is 0. The molecular weight excluding hydrogens is 334 g/mol. The van der Waals surface area contributed by atoms with Crippen molar-refractivity contribution < 1.29 is 0 Å². The molecule has 1 heterocycles. The van der Waals surface area contributed by atoms with E-state index in [1.165, 1.54) is 0 Å². The van der Waals surface area contributed by atoms with Crippen molar-refractivity contribution in [2.75, 3.05) is 0 Å². The molecule has 0 aliphatic carbocycles. The Morgan fingerprint density at radius 2 is 2.57 bits per heavy atom. The van der Waals surface area contributed by atoms with Crippen molar-refractivity contribution in [2.24, 2.45) is 0 Å². The van der Waals surface area contributed by atoms with Gasteiger partial charge in [-0.2, -0.15) is 0 Å². The van der Waals surface area contributed by atoms with Crippen LogP contribution in [-0.2, 0) is 0 Å². The van der Waals surface area contributed by atoms with Gasteiger partial charge in [-0.05, 0) is 0 Å². The van der Waals surface area contributed by atoms with Crippen LogP contribution in [0.3, 0.4) is 0 Å². The van der Waals surface area contributed by atoms with Crippen LogP contribution in [0.15, 0.2) is 4.08 Å². The summed E-state index contributed by atoms with van der Waals surface area (Å²) in [4.78, 5) is 0. The zero-order chi connectivity index (χ0) is 5.28. The van der Waals surface area contributed by atoms with Crippen molar-refractivity contribution in [2.45, 2.75) is 6.92 Å². The van der Waals surface area contributed by atoms with E-state index in [0.29, 0.717) is 0 Å². The Morgan fingerprint density at radius 3 is 2.71 bits per heavy atom. The normalized spacial score (nSPS) is 9.29. The van der Waals surface area contributed by atoms with Crippen molar-refractivity contribution in [3.8, 4) is 0 Å². The van der Waals surface area contributed by atoms with E-state index in [0.717, 1.165) is 14.5 Å². The summed E-state index contributed by atoms with van der Waals surface area (Å²) in [5, 5.41) is 0. The fraction of sp³-hybridized carbons (Fsp3) is 0.250. The second kappa shape index (κ2) is 2.83. The molecule has 0 atom stereocenters. The molecule has 0 aromatic carbocycles. The van der Waals surface area contributed by atoms with Crippen LogP contribution in [0.25, 0.3) is 0 Å². The zero-order valence-electron chi connectivity index (χ0n) is 3.80. The van der Waals surface area contributed by atoms with Gasteiger partial charge in [0.15, 0.2) is 0 Å².